The lowest BCUT2D eigenvalue weighted by atomic mass is 10.2. The van der Waals surface area contributed by atoms with Crippen molar-refractivity contribution < 1.29 is 14.3 Å². The Kier molecular flexibility index (Phi) is 7.89. The summed E-state index contributed by atoms with van der Waals surface area (Å²) in [7, 11) is 1.66. The number of benzene rings is 1. The number of carbonyl (C=O) groups excluding carboxylic acids is 1. The van der Waals surface area contributed by atoms with Crippen molar-refractivity contribution in [1.82, 2.24) is 24.7 Å². The van der Waals surface area contributed by atoms with Crippen LogP contribution in [0.4, 0.5) is 4.79 Å². The van der Waals surface area contributed by atoms with Gasteiger partial charge in [-0.15, -0.1) is 0 Å². The van der Waals surface area contributed by atoms with Crippen LogP contribution in [0.1, 0.15) is 18.3 Å². The molecule has 0 saturated carbocycles. The molecule has 1 aromatic heterocycles. The molecule has 0 radical (unpaired) electrons. The van der Waals surface area contributed by atoms with Crippen LogP contribution < -0.4 is 10.1 Å². The molecule has 8 nitrogen and oxygen atoms in total. The van der Waals surface area contributed by atoms with Crippen LogP contribution in [0.5, 0.6) is 5.75 Å². The zero-order chi connectivity index (χ0) is 20.5. The Morgan fingerprint density at radius 3 is 2.72 bits per heavy atom. The van der Waals surface area contributed by atoms with Crippen molar-refractivity contribution in [3.8, 4) is 5.75 Å². The number of hydrogen-bond donors (Lipinski definition) is 1. The predicted molar refractivity (Wildman–Crippen MR) is 111 cm³/mol. The van der Waals surface area contributed by atoms with Gasteiger partial charge in [0, 0.05) is 51.7 Å². The highest BCUT2D eigenvalue weighted by Gasteiger charge is 2.18. The molecule has 2 amide bonds. The van der Waals surface area contributed by atoms with Gasteiger partial charge >= 0.3 is 6.03 Å². The van der Waals surface area contributed by atoms with E-state index in [0.29, 0.717) is 26.2 Å². The number of carbonyl (C=O) groups is 1. The Balaban J connectivity index is 1.64. The first-order valence-corrected chi connectivity index (χ1v) is 10.2. The number of nitrogens with zero attached hydrogens (tertiary/aromatic N) is 4. The fraction of sp³-hybridized carbons (Fsp3) is 0.524. The fourth-order valence-electron chi connectivity index (χ4n) is 3.34. The number of urea groups is 1. The molecule has 1 fully saturated rings. The number of nitrogens with one attached hydrogen (secondary N) is 1. The van der Waals surface area contributed by atoms with E-state index in [0.717, 1.165) is 50.0 Å². The van der Waals surface area contributed by atoms with E-state index in [1.807, 2.05) is 42.3 Å². The van der Waals surface area contributed by atoms with Gasteiger partial charge in [0.15, 0.2) is 0 Å². The summed E-state index contributed by atoms with van der Waals surface area (Å²) in [6.45, 7) is 8.54. The Hall–Kier alpha value is -2.58. The third-order valence-electron chi connectivity index (χ3n) is 5.05. The first kappa shape index (κ1) is 21.1. The van der Waals surface area contributed by atoms with E-state index in [4.69, 9.17) is 9.47 Å². The molecule has 2 aromatic rings. The minimum atomic E-state index is -0.0558. The van der Waals surface area contributed by atoms with Crippen molar-refractivity contribution in [2.24, 2.45) is 0 Å². The number of rotatable bonds is 9. The molecule has 1 saturated heterocycles. The summed E-state index contributed by atoms with van der Waals surface area (Å²) in [5, 5.41) is 2.92. The van der Waals surface area contributed by atoms with Gasteiger partial charge in [0.2, 0.25) is 0 Å². The largest absolute Gasteiger partial charge is 0.497 e. The highest BCUT2D eigenvalue weighted by Crippen LogP contribution is 2.14. The third-order valence-corrected chi connectivity index (χ3v) is 5.05. The minimum absolute atomic E-state index is 0.0558. The quantitative estimate of drug-likeness (QED) is 0.694. The van der Waals surface area contributed by atoms with Gasteiger partial charge < -0.3 is 24.3 Å². The Morgan fingerprint density at radius 2 is 2.03 bits per heavy atom. The molecule has 0 spiro atoms. The molecular weight excluding hydrogens is 370 g/mol. The van der Waals surface area contributed by atoms with Crippen molar-refractivity contribution in [3.63, 3.8) is 0 Å². The SMILES string of the molecule is CCNC(=O)N(CCN1CCOCC1)Cc1nccn1Cc1ccc(OC)cc1. The maximum Gasteiger partial charge on any atom is 0.317 e. The molecule has 1 N–H and O–H groups in total. The van der Waals surface area contributed by atoms with Crippen LogP contribution in [0.3, 0.4) is 0 Å². The van der Waals surface area contributed by atoms with Gasteiger partial charge in [0.25, 0.3) is 0 Å². The summed E-state index contributed by atoms with van der Waals surface area (Å²) < 4.78 is 12.7. The highest BCUT2D eigenvalue weighted by molar-refractivity contribution is 5.74. The van der Waals surface area contributed by atoms with Crippen LogP contribution in [0.25, 0.3) is 0 Å². The van der Waals surface area contributed by atoms with E-state index in [1.165, 1.54) is 0 Å². The predicted octanol–water partition coefficient (Wildman–Crippen LogP) is 1.80. The zero-order valence-corrected chi connectivity index (χ0v) is 17.3. The fourth-order valence-corrected chi connectivity index (χ4v) is 3.34. The molecule has 1 aliphatic heterocycles. The molecule has 1 aliphatic rings. The van der Waals surface area contributed by atoms with Gasteiger partial charge in [-0.1, -0.05) is 12.1 Å². The topological polar surface area (TPSA) is 71.9 Å². The van der Waals surface area contributed by atoms with Gasteiger partial charge in [-0.05, 0) is 24.6 Å². The third kappa shape index (κ3) is 6.20. The zero-order valence-electron chi connectivity index (χ0n) is 17.3. The van der Waals surface area contributed by atoms with E-state index in [2.05, 4.69) is 19.8 Å². The standard InChI is InChI=1S/C21H31N5O3/c1-3-22-21(27)26(11-10-24-12-14-29-15-13-24)17-20-23-8-9-25(20)16-18-4-6-19(28-2)7-5-18/h4-9H,3,10-17H2,1-2H3,(H,22,27). The van der Waals surface area contributed by atoms with Gasteiger partial charge in [-0.2, -0.15) is 0 Å². The van der Waals surface area contributed by atoms with Gasteiger partial charge in [-0.25, -0.2) is 9.78 Å². The van der Waals surface area contributed by atoms with Crippen LogP contribution in [0.15, 0.2) is 36.7 Å². The molecule has 1 aromatic carbocycles. The molecule has 0 unspecified atom stereocenters. The van der Waals surface area contributed by atoms with Crippen LogP contribution in [0, 0.1) is 0 Å². The average molecular weight is 402 g/mol. The van der Waals surface area contributed by atoms with Gasteiger partial charge in [-0.3, -0.25) is 4.90 Å². The lowest BCUT2D eigenvalue weighted by Crippen LogP contribution is -2.46. The Bertz CT molecular complexity index is 756. The minimum Gasteiger partial charge on any atom is -0.497 e. The van der Waals surface area contributed by atoms with E-state index >= 15 is 0 Å². The Morgan fingerprint density at radius 1 is 1.28 bits per heavy atom. The second kappa shape index (κ2) is 10.8. The van der Waals surface area contributed by atoms with E-state index in [1.54, 1.807) is 13.3 Å². The maximum atomic E-state index is 12.6. The molecule has 158 valence electrons. The average Bonchev–Trinajstić information content (AvgIpc) is 3.19. The van der Waals surface area contributed by atoms with E-state index in [9.17, 15) is 4.79 Å². The molecular formula is C21H31N5O3. The maximum absolute atomic E-state index is 12.6. The molecule has 0 aliphatic carbocycles. The van der Waals surface area contributed by atoms with Crippen molar-refractivity contribution in [2.75, 3.05) is 53.0 Å². The van der Waals surface area contributed by atoms with Crippen LogP contribution in [0.2, 0.25) is 0 Å². The first-order valence-electron chi connectivity index (χ1n) is 10.2. The van der Waals surface area contributed by atoms with Crippen molar-refractivity contribution in [1.29, 1.82) is 0 Å². The summed E-state index contributed by atoms with van der Waals surface area (Å²) in [4.78, 5) is 21.3. The van der Waals surface area contributed by atoms with Crippen LogP contribution >= 0.6 is 0 Å². The monoisotopic (exact) mass is 401 g/mol. The lowest BCUT2D eigenvalue weighted by molar-refractivity contribution is 0.0345. The first-order chi connectivity index (χ1) is 14.2. The van der Waals surface area contributed by atoms with E-state index < -0.39 is 0 Å². The number of aromatic nitrogens is 2. The summed E-state index contributed by atoms with van der Waals surface area (Å²) in [6.07, 6.45) is 3.74. The summed E-state index contributed by atoms with van der Waals surface area (Å²) in [5.41, 5.74) is 1.16. The highest BCUT2D eigenvalue weighted by atomic mass is 16.5. The number of imidazole rings is 1. The second-order valence-electron chi connectivity index (χ2n) is 7.03. The van der Waals surface area contributed by atoms with Crippen LogP contribution in [-0.2, 0) is 17.8 Å². The second-order valence-corrected chi connectivity index (χ2v) is 7.03. The lowest BCUT2D eigenvalue weighted by Gasteiger charge is -2.30. The van der Waals surface area contributed by atoms with E-state index in [-0.39, 0.29) is 6.03 Å². The number of morpholine rings is 1. The number of methoxy groups -OCH3 is 1. The smallest absolute Gasteiger partial charge is 0.317 e. The molecule has 0 bridgehead atoms. The molecule has 0 atom stereocenters. The number of ether oxygens (including phenoxy) is 2. The summed E-state index contributed by atoms with van der Waals surface area (Å²) in [5.74, 6) is 1.71. The molecule has 3 rings (SSSR count). The summed E-state index contributed by atoms with van der Waals surface area (Å²) >= 11 is 0. The van der Waals surface area contributed by atoms with Gasteiger partial charge in [0.1, 0.15) is 11.6 Å². The van der Waals surface area contributed by atoms with Crippen molar-refractivity contribution in [2.45, 2.75) is 20.0 Å². The molecule has 2 heterocycles. The van der Waals surface area contributed by atoms with Crippen molar-refractivity contribution in [3.05, 3.63) is 48.0 Å². The summed E-state index contributed by atoms with van der Waals surface area (Å²) in [6, 6.07) is 7.94. The number of amides is 2. The van der Waals surface area contributed by atoms with Crippen molar-refractivity contribution >= 4 is 6.03 Å². The van der Waals surface area contributed by atoms with Crippen LogP contribution in [-0.4, -0.2) is 78.4 Å². The molecule has 29 heavy (non-hydrogen) atoms. The normalized spacial score (nSPS) is 14.6. The Labute approximate surface area is 172 Å². The number of hydrogen-bond acceptors (Lipinski definition) is 5. The van der Waals surface area contributed by atoms with Gasteiger partial charge in [0.05, 0.1) is 26.9 Å². The molecule has 8 heteroatoms.